The van der Waals surface area contributed by atoms with Gasteiger partial charge in [-0.05, 0) is 49.1 Å². The van der Waals surface area contributed by atoms with Crippen LogP contribution in [0.5, 0.6) is 0 Å². The lowest BCUT2D eigenvalue weighted by Gasteiger charge is -2.10. The zero-order valence-corrected chi connectivity index (χ0v) is 16.0. The van der Waals surface area contributed by atoms with Gasteiger partial charge in [0.05, 0.1) is 17.8 Å². The van der Waals surface area contributed by atoms with E-state index in [1.807, 2.05) is 36.7 Å². The quantitative estimate of drug-likeness (QED) is 0.551. The lowest BCUT2D eigenvalue weighted by atomic mass is 10.0. The van der Waals surface area contributed by atoms with E-state index >= 15 is 0 Å². The molecule has 1 saturated carbocycles. The minimum absolute atomic E-state index is 0.254. The van der Waals surface area contributed by atoms with Crippen LogP contribution in [0.4, 0.5) is 0 Å². The summed E-state index contributed by atoms with van der Waals surface area (Å²) in [4.78, 5) is 25.5. The van der Waals surface area contributed by atoms with E-state index in [9.17, 15) is 9.90 Å². The second-order valence-corrected chi connectivity index (χ2v) is 7.53. The van der Waals surface area contributed by atoms with Gasteiger partial charge in [0.15, 0.2) is 5.65 Å². The number of rotatable bonds is 5. The molecule has 0 amide bonds. The van der Waals surface area contributed by atoms with Crippen molar-refractivity contribution in [2.24, 2.45) is 0 Å². The molecule has 144 valence electrons. The number of fused-ring (bicyclic) bond motifs is 1. The zero-order valence-electron chi connectivity index (χ0n) is 16.0. The summed E-state index contributed by atoms with van der Waals surface area (Å²) in [6.45, 7) is 2.71. The van der Waals surface area contributed by atoms with Crippen molar-refractivity contribution in [2.45, 2.75) is 32.2 Å². The Labute approximate surface area is 167 Å². The van der Waals surface area contributed by atoms with Crippen LogP contribution in [0.1, 0.15) is 46.1 Å². The monoisotopic (exact) mass is 384 g/mol. The molecule has 6 heteroatoms. The number of imidazole rings is 1. The van der Waals surface area contributed by atoms with Crippen LogP contribution >= 0.6 is 0 Å². The maximum absolute atomic E-state index is 11.5. The Hall–Kier alpha value is -3.54. The molecule has 1 N–H and O–H groups in total. The molecule has 0 spiro atoms. The Morgan fingerprint density at radius 3 is 2.69 bits per heavy atom. The van der Waals surface area contributed by atoms with Crippen molar-refractivity contribution in [1.29, 1.82) is 0 Å². The number of hydrogen-bond donors (Lipinski definition) is 1. The highest BCUT2D eigenvalue weighted by atomic mass is 16.4. The van der Waals surface area contributed by atoms with Crippen LogP contribution < -0.4 is 0 Å². The van der Waals surface area contributed by atoms with Gasteiger partial charge in [-0.25, -0.2) is 14.8 Å². The number of carboxylic acid groups (broad SMARTS) is 1. The average Bonchev–Trinajstić information content (AvgIpc) is 3.51. The highest BCUT2D eigenvalue weighted by Crippen LogP contribution is 2.41. The van der Waals surface area contributed by atoms with Crippen molar-refractivity contribution >= 4 is 17.1 Å². The van der Waals surface area contributed by atoms with E-state index in [-0.39, 0.29) is 5.56 Å². The van der Waals surface area contributed by atoms with E-state index in [4.69, 9.17) is 4.98 Å². The molecule has 0 bridgehead atoms. The number of pyridine rings is 2. The highest BCUT2D eigenvalue weighted by Gasteiger charge is 2.30. The summed E-state index contributed by atoms with van der Waals surface area (Å²) in [5.74, 6) is 0.659. The topological polar surface area (TPSA) is 80.9 Å². The molecule has 1 aliphatic rings. The van der Waals surface area contributed by atoms with Crippen molar-refractivity contribution < 1.29 is 9.90 Å². The van der Waals surface area contributed by atoms with Gasteiger partial charge in [0.1, 0.15) is 11.3 Å². The molecule has 1 aliphatic carbocycles. The fraction of sp³-hybridized carbons (Fsp3) is 0.217. The molecule has 0 saturated heterocycles. The Kier molecular flexibility index (Phi) is 4.12. The van der Waals surface area contributed by atoms with E-state index in [0.717, 1.165) is 28.1 Å². The third-order valence-electron chi connectivity index (χ3n) is 5.41. The van der Waals surface area contributed by atoms with Crippen LogP contribution in [0.2, 0.25) is 0 Å². The first kappa shape index (κ1) is 17.6. The Bertz CT molecular complexity index is 1220. The van der Waals surface area contributed by atoms with Crippen LogP contribution in [-0.2, 0) is 6.54 Å². The number of aryl methyl sites for hydroxylation is 1. The summed E-state index contributed by atoms with van der Waals surface area (Å²) in [6.07, 6.45) is 5.99. The highest BCUT2D eigenvalue weighted by molar-refractivity contribution is 5.95. The largest absolute Gasteiger partial charge is 0.478 e. The molecule has 1 fully saturated rings. The third kappa shape index (κ3) is 3.16. The summed E-state index contributed by atoms with van der Waals surface area (Å²) < 4.78 is 2.20. The third-order valence-corrected chi connectivity index (χ3v) is 5.41. The van der Waals surface area contributed by atoms with E-state index < -0.39 is 5.97 Å². The molecule has 6 nitrogen and oxygen atoms in total. The molecule has 5 rings (SSSR count). The molecule has 0 atom stereocenters. The molecular weight excluding hydrogens is 364 g/mol. The summed E-state index contributed by atoms with van der Waals surface area (Å²) in [5.41, 5.74) is 5.57. The SMILES string of the molecule is Cc1ccnc2c1nc(C1CC1)n2Cc1ccc(-c2ccccc2C(=O)O)nc1. The van der Waals surface area contributed by atoms with Crippen molar-refractivity contribution in [3.8, 4) is 11.3 Å². The standard InChI is InChI=1S/C23H20N4O2/c1-14-10-11-24-22-20(14)26-21(16-7-8-16)27(22)13-15-6-9-19(25-12-15)17-4-2-3-5-18(17)23(28)29/h2-6,9-12,16H,7-8,13H2,1H3,(H,28,29). The molecule has 4 aromatic rings. The maximum Gasteiger partial charge on any atom is 0.336 e. The van der Waals surface area contributed by atoms with Crippen molar-refractivity contribution in [3.63, 3.8) is 0 Å². The number of aromatic carboxylic acids is 1. The van der Waals surface area contributed by atoms with Gasteiger partial charge in [-0.3, -0.25) is 4.98 Å². The molecule has 29 heavy (non-hydrogen) atoms. The molecule has 3 aromatic heterocycles. The Morgan fingerprint density at radius 1 is 1.14 bits per heavy atom. The van der Waals surface area contributed by atoms with Crippen LogP contribution in [0.3, 0.4) is 0 Å². The average molecular weight is 384 g/mol. The number of carbonyl (C=O) groups is 1. The summed E-state index contributed by atoms with van der Waals surface area (Å²) in [7, 11) is 0. The molecule has 3 heterocycles. The Balaban J connectivity index is 1.51. The predicted molar refractivity (Wildman–Crippen MR) is 110 cm³/mol. The fourth-order valence-electron chi connectivity index (χ4n) is 3.72. The minimum Gasteiger partial charge on any atom is -0.478 e. The first-order valence-electron chi connectivity index (χ1n) is 9.71. The van der Waals surface area contributed by atoms with Gasteiger partial charge in [-0.2, -0.15) is 0 Å². The van der Waals surface area contributed by atoms with Gasteiger partial charge < -0.3 is 9.67 Å². The summed E-state index contributed by atoms with van der Waals surface area (Å²) in [6, 6.07) is 12.8. The van der Waals surface area contributed by atoms with Gasteiger partial charge in [0.2, 0.25) is 0 Å². The van der Waals surface area contributed by atoms with Crippen LogP contribution in [-0.4, -0.2) is 30.6 Å². The fourth-order valence-corrected chi connectivity index (χ4v) is 3.72. The first-order chi connectivity index (χ1) is 14.1. The summed E-state index contributed by atoms with van der Waals surface area (Å²) in [5, 5.41) is 9.42. The molecule has 0 unspecified atom stereocenters. The Morgan fingerprint density at radius 2 is 1.97 bits per heavy atom. The smallest absolute Gasteiger partial charge is 0.336 e. The molecule has 0 radical (unpaired) electrons. The second kappa shape index (κ2) is 6.81. The van der Waals surface area contributed by atoms with Gasteiger partial charge in [-0.1, -0.05) is 24.3 Å². The molecule has 1 aromatic carbocycles. The maximum atomic E-state index is 11.5. The number of benzene rings is 1. The minimum atomic E-state index is -0.952. The van der Waals surface area contributed by atoms with Crippen LogP contribution in [0, 0.1) is 6.92 Å². The van der Waals surface area contributed by atoms with Gasteiger partial charge in [0, 0.05) is 23.9 Å². The molecular formula is C23H20N4O2. The van der Waals surface area contributed by atoms with Crippen LogP contribution in [0.25, 0.3) is 22.4 Å². The zero-order chi connectivity index (χ0) is 20.0. The normalized spacial score (nSPS) is 13.7. The number of nitrogens with zero attached hydrogens (tertiary/aromatic N) is 4. The van der Waals surface area contributed by atoms with E-state index in [1.165, 1.54) is 12.8 Å². The number of hydrogen-bond acceptors (Lipinski definition) is 4. The summed E-state index contributed by atoms with van der Waals surface area (Å²) >= 11 is 0. The van der Waals surface area contributed by atoms with Crippen LogP contribution in [0.15, 0.2) is 54.9 Å². The van der Waals surface area contributed by atoms with Gasteiger partial charge in [0.25, 0.3) is 0 Å². The van der Waals surface area contributed by atoms with E-state index in [0.29, 0.717) is 23.7 Å². The lowest BCUT2D eigenvalue weighted by Crippen LogP contribution is -2.06. The van der Waals surface area contributed by atoms with E-state index in [1.54, 1.807) is 18.2 Å². The number of aromatic nitrogens is 4. The molecule has 0 aliphatic heterocycles. The van der Waals surface area contributed by atoms with Crippen molar-refractivity contribution in [3.05, 3.63) is 77.4 Å². The van der Waals surface area contributed by atoms with Gasteiger partial charge in [-0.15, -0.1) is 0 Å². The predicted octanol–water partition coefficient (Wildman–Crippen LogP) is 4.43. The van der Waals surface area contributed by atoms with Crippen molar-refractivity contribution in [1.82, 2.24) is 19.5 Å². The first-order valence-corrected chi connectivity index (χ1v) is 9.71. The van der Waals surface area contributed by atoms with E-state index in [2.05, 4.69) is 21.5 Å². The number of carboxylic acids is 1. The van der Waals surface area contributed by atoms with Gasteiger partial charge >= 0.3 is 5.97 Å². The van der Waals surface area contributed by atoms with Crippen molar-refractivity contribution in [2.75, 3.05) is 0 Å². The lowest BCUT2D eigenvalue weighted by molar-refractivity contribution is 0.0697. The second-order valence-electron chi connectivity index (χ2n) is 7.53.